The fourth-order valence-corrected chi connectivity index (χ4v) is 1.09. The molecule has 0 radical (unpaired) electrons. The molecule has 0 heterocycles. The molecule has 0 aliphatic heterocycles. The first kappa shape index (κ1) is 8.97. The summed E-state index contributed by atoms with van der Waals surface area (Å²) >= 11 is 0. The van der Waals surface area contributed by atoms with Gasteiger partial charge in [-0.1, -0.05) is 0 Å². The zero-order valence-corrected chi connectivity index (χ0v) is 6.95. The van der Waals surface area contributed by atoms with Gasteiger partial charge in [0.05, 0.1) is 12.2 Å². The molecule has 1 fully saturated rings. The Labute approximate surface area is 67.4 Å². The lowest BCUT2D eigenvalue weighted by atomic mass is 10.2. The maximum Gasteiger partial charge on any atom is 0.0692 e. The molecule has 0 aromatic carbocycles. The summed E-state index contributed by atoms with van der Waals surface area (Å²) in [4.78, 5) is 0. The molecular weight excluding hydrogens is 142 g/mol. The van der Waals surface area contributed by atoms with Crippen LogP contribution in [0.5, 0.6) is 0 Å². The normalized spacial score (nSPS) is 23.2. The van der Waals surface area contributed by atoms with Gasteiger partial charge in [-0.15, -0.1) is 0 Å². The molecule has 3 heteroatoms. The van der Waals surface area contributed by atoms with Crippen LogP contribution < -0.4 is 5.32 Å². The average Bonchev–Trinajstić information content (AvgIpc) is 2.66. The highest BCUT2D eigenvalue weighted by atomic mass is 16.3. The predicted molar refractivity (Wildman–Crippen MR) is 43.3 cm³/mol. The molecule has 1 aliphatic carbocycles. The van der Waals surface area contributed by atoms with E-state index in [1.807, 2.05) is 0 Å². The molecule has 66 valence electrons. The first-order valence-electron chi connectivity index (χ1n) is 4.27. The first-order chi connectivity index (χ1) is 5.20. The molecule has 0 saturated heterocycles. The Bertz CT molecular complexity index is 113. The first-order valence-corrected chi connectivity index (χ1v) is 4.27. The highest BCUT2D eigenvalue weighted by molar-refractivity contribution is 4.82. The van der Waals surface area contributed by atoms with Gasteiger partial charge < -0.3 is 15.5 Å². The molecule has 11 heavy (non-hydrogen) atoms. The SMILES string of the molecule is C[C@H](O)CNCC(O)C1CC1. The third-order valence-electron chi connectivity index (χ3n) is 1.96. The lowest BCUT2D eigenvalue weighted by Crippen LogP contribution is -2.32. The van der Waals surface area contributed by atoms with Crippen molar-refractivity contribution in [2.24, 2.45) is 5.92 Å². The lowest BCUT2D eigenvalue weighted by Gasteiger charge is -2.11. The summed E-state index contributed by atoms with van der Waals surface area (Å²) in [5, 5.41) is 21.2. The van der Waals surface area contributed by atoms with E-state index in [2.05, 4.69) is 5.32 Å². The lowest BCUT2D eigenvalue weighted by molar-refractivity contribution is 0.137. The van der Waals surface area contributed by atoms with E-state index < -0.39 is 0 Å². The van der Waals surface area contributed by atoms with Crippen molar-refractivity contribution in [1.29, 1.82) is 0 Å². The molecule has 1 unspecified atom stereocenters. The fraction of sp³-hybridized carbons (Fsp3) is 1.00. The van der Waals surface area contributed by atoms with Crippen molar-refractivity contribution in [2.75, 3.05) is 13.1 Å². The summed E-state index contributed by atoms with van der Waals surface area (Å²) in [7, 11) is 0. The van der Waals surface area contributed by atoms with Crippen LogP contribution in [0.2, 0.25) is 0 Å². The summed E-state index contributed by atoms with van der Waals surface area (Å²) in [6.07, 6.45) is 1.81. The number of aliphatic hydroxyl groups excluding tert-OH is 2. The highest BCUT2D eigenvalue weighted by Gasteiger charge is 2.28. The monoisotopic (exact) mass is 159 g/mol. The van der Waals surface area contributed by atoms with E-state index in [0.717, 1.165) is 12.8 Å². The van der Waals surface area contributed by atoms with Crippen LogP contribution in [0.25, 0.3) is 0 Å². The van der Waals surface area contributed by atoms with E-state index in [4.69, 9.17) is 5.11 Å². The molecule has 0 bridgehead atoms. The second kappa shape index (κ2) is 4.04. The van der Waals surface area contributed by atoms with Crippen LogP contribution in [0.1, 0.15) is 19.8 Å². The summed E-state index contributed by atoms with van der Waals surface area (Å²) in [6, 6.07) is 0. The molecule has 1 saturated carbocycles. The van der Waals surface area contributed by atoms with Gasteiger partial charge in [-0.05, 0) is 25.7 Å². The quantitative estimate of drug-likeness (QED) is 0.517. The van der Waals surface area contributed by atoms with Gasteiger partial charge in [-0.25, -0.2) is 0 Å². The Morgan fingerprint density at radius 1 is 1.36 bits per heavy atom. The van der Waals surface area contributed by atoms with Crippen LogP contribution in [0.4, 0.5) is 0 Å². The molecule has 0 amide bonds. The minimum absolute atomic E-state index is 0.200. The number of nitrogens with one attached hydrogen (secondary N) is 1. The second-order valence-electron chi connectivity index (χ2n) is 3.41. The van der Waals surface area contributed by atoms with E-state index in [0.29, 0.717) is 19.0 Å². The van der Waals surface area contributed by atoms with Crippen molar-refractivity contribution in [3.05, 3.63) is 0 Å². The van der Waals surface area contributed by atoms with Crippen LogP contribution in [-0.4, -0.2) is 35.5 Å². The van der Waals surface area contributed by atoms with Crippen molar-refractivity contribution in [2.45, 2.75) is 32.0 Å². The van der Waals surface area contributed by atoms with Gasteiger partial charge in [0.2, 0.25) is 0 Å². The van der Waals surface area contributed by atoms with Crippen molar-refractivity contribution < 1.29 is 10.2 Å². The van der Waals surface area contributed by atoms with Gasteiger partial charge in [-0.2, -0.15) is 0 Å². The maximum atomic E-state index is 9.36. The molecular formula is C8H17NO2. The molecule has 0 aromatic rings. The standard InChI is InChI=1S/C8H17NO2/c1-6(10)4-9-5-8(11)7-2-3-7/h6-11H,2-5H2,1H3/t6-,8?/m0/s1. The van der Waals surface area contributed by atoms with Crippen LogP contribution in [-0.2, 0) is 0 Å². The number of rotatable bonds is 5. The third-order valence-corrected chi connectivity index (χ3v) is 1.96. The highest BCUT2D eigenvalue weighted by Crippen LogP contribution is 2.32. The molecule has 3 N–H and O–H groups in total. The topological polar surface area (TPSA) is 52.5 Å². The second-order valence-corrected chi connectivity index (χ2v) is 3.41. The van der Waals surface area contributed by atoms with Crippen molar-refractivity contribution >= 4 is 0 Å². The number of aliphatic hydroxyl groups is 2. The van der Waals surface area contributed by atoms with Crippen molar-refractivity contribution in [1.82, 2.24) is 5.32 Å². The maximum absolute atomic E-state index is 9.36. The summed E-state index contributed by atoms with van der Waals surface area (Å²) < 4.78 is 0. The smallest absolute Gasteiger partial charge is 0.0692 e. The molecule has 1 aliphatic rings. The Morgan fingerprint density at radius 2 is 2.00 bits per heavy atom. The Morgan fingerprint density at radius 3 is 2.45 bits per heavy atom. The number of hydrogen-bond acceptors (Lipinski definition) is 3. The largest absolute Gasteiger partial charge is 0.392 e. The van der Waals surface area contributed by atoms with E-state index >= 15 is 0 Å². The third kappa shape index (κ3) is 3.70. The molecule has 0 aromatic heterocycles. The van der Waals surface area contributed by atoms with E-state index in [1.54, 1.807) is 6.92 Å². The van der Waals surface area contributed by atoms with Gasteiger partial charge in [0.15, 0.2) is 0 Å². The van der Waals surface area contributed by atoms with Crippen LogP contribution in [0.3, 0.4) is 0 Å². The van der Waals surface area contributed by atoms with Crippen molar-refractivity contribution in [3.8, 4) is 0 Å². The summed E-state index contributed by atoms with van der Waals surface area (Å²) in [5.41, 5.74) is 0. The van der Waals surface area contributed by atoms with Gasteiger partial charge in [0, 0.05) is 13.1 Å². The fourth-order valence-electron chi connectivity index (χ4n) is 1.09. The Balaban J connectivity index is 1.93. The van der Waals surface area contributed by atoms with E-state index in [9.17, 15) is 5.11 Å². The summed E-state index contributed by atoms with van der Waals surface area (Å²) in [5.74, 6) is 0.525. The van der Waals surface area contributed by atoms with E-state index in [1.165, 1.54) is 0 Å². The Kier molecular flexibility index (Phi) is 3.30. The van der Waals surface area contributed by atoms with Gasteiger partial charge in [0.25, 0.3) is 0 Å². The zero-order valence-electron chi connectivity index (χ0n) is 6.95. The molecule has 1 rings (SSSR count). The van der Waals surface area contributed by atoms with Crippen LogP contribution in [0.15, 0.2) is 0 Å². The average molecular weight is 159 g/mol. The molecule has 2 atom stereocenters. The molecule has 0 spiro atoms. The molecule has 3 nitrogen and oxygen atoms in total. The summed E-state index contributed by atoms with van der Waals surface area (Å²) in [6.45, 7) is 2.93. The minimum Gasteiger partial charge on any atom is -0.392 e. The zero-order chi connectivity index (χ0) is 8.27. The van der Waals surface area contributed by atoms with Crippen LogP contribution >= 0.6 is 0 Å². The van der Waals surface area contributed by atoms with Gasteiger partial charge in [0.1, 0.15) is 0 Å². The number of hydrogen-bond donors (Lipinski definition) is 3. The van der Waals surface area contributed by atoms with E-state index in [-0.39, 0.29) is 12.2 Å². The minimum atomic E-state index is -0.318. The van der Waals surface area contributed by atoms with Crippen LogP contribution in [0, 0.1) is 5.92 Å². The van der Waals surface area contributed by atoms with Gasteiger partial charge >= 0.3 is 0 Å². The van der Waals surface area contributed by atoms with Crippen molar-refractivity contribution in [3.63, 3.8) is 0 Å². The van der Waals surface area contributed by atoms with Gasteiger partial charge in [-0.3, -0.25) is 0 Å². The Hall–Kier alpha value is -0.120. The predicted octanol–water partition coefficient (Wildman–Crippen LogP) is -0.272.